The summed E-state index contributed by atoms with van der Waals surface area (Å²) in [5.74, 6) is -0.170. The molecule has 124 valence electrons. The third kappa shape index (κ3) is 4.11. The second kappa shape index (κ2) is 6.55. The molecule has 1 heterocycles. The van der Waals surface area contributed by atoms with Crippen LogP contribution in [0.2, 0.25) is 0 Å². The molecular formula is C13H13F3N4O3. The van der Waals surface area contributed by atoms with Crippen LogP contribution in [0.3, 0.4) is 0 Å². The number of aromatic nitrogens is 2. The van der Waals surface area contributed by atoms with Gasteiger partial charge >= 0.3 is 12.3 Å². The van der Waals surface area contributed by atoms with Crippen LogP contribution < -0.4 is 5.32 Å². The maximum atomic E-state index is 12.2. The summed E-state index contributed by atoms with van der Waals surface area (Å²) in [7, 11) is 0. The molecule has 1 amide bonds. The summed E-state index contributed by atoms with van der Waals surface area (Å²) in [5.41, 5.74) is 0.686. The SMILES string of the molecule is CCOC(=O)Nc1nc2ccccc2n1C(=N)OCC(F)(F)F. The smallest absolute Gasteiger partial charge is 0.422 e. The summed E-state index contributed by atoms with van der Waals surface area (Å²) < 4.78 is 46.8. The molecule has 0 spiro atoms. The number of carbonyl (C=O) groups is 1. The summed E-state index contributed by atoms with van der Waals surface area (Å²) in [6.07, 6.45) is -5.43. The molecule has 0 atom stereocenters. The Balaban J connectivity index is 2.34. The zero-order valence-corrected chi connectivity index (χ0v) is 12.0. The lowest BCUT2D eigenvalue weighted by Gasteiger charge is -2.13. The minimum absolute atomic E-state index is 0.105. The number of rotatable bonds is 3. The molecule has 0 aliphatic carbocycles. The van der Waals surface area contributed by atoms with Crippen molar-refractivity contribution >= 4 is 29.1 Å². The molecule has 23 heavy (non-hydrogen) atoms. The first-order chi connectivity index (χ1) is 10.8. The second-order valence-corrected chi connectivity index (χ2v) is 4.31. The van der Waals surface area contributed by atoms with E-state index in [0.29, 0.717) is 11.0 Å². The van der Waals surface area contributed by atoms with Crippen molar-refractivity contribution in [2.24, 2.45) is 0 Å². The zero-order chi connectivity index (χ0) is 17.0. The fourth-order valence-corrected chi connectivity index (χ4v) is 1.79. The van der Waals surface area contributed by atoms with Crippen LogP contribution in [0.5, 0.6) is 0 Å². The van der Waals surface area contributed by atoms with Gasteiger partial charge in [0.1, 0.15) is 0 Å². The van der Waals surface area contributed by atoms with Crippen molar-refractivity contribution in [3.63, 3.8) is 0 Å². The van der Waals surface area contributed by atoms with Crippen molar-refractivity contribution in [2.75, 3.05) is 18.5 Å². The highest BCUT2D eigenvalue weighted by atomic mass is 19.4. The monoisotopic (exact) mass is 330 g/mol. The molecule has 0 unspecified atom stereocenters. The molecule has 2 N–H and O–H groups in total. The Kier molecular flexibility index (Phi) is 4.72. The first-order valence-corrected chi connectivity index (χ1v) is 6.51. The molecule has 7 nitrogen and oxygen atoms in total. The van der Waals surface area contributed by atoms with Gasteiger partial charge in [-0.1, -0.05) is 12.1 Å². The Morgan fingerprint density at radius 2 is 2.04 bits per heavy atom. The molecule has 2 aromatic rings. The normalized spacial score (nSPS) is 11.3. The number of nitrogens with zero attached hydrogens (tertiary/aromatic N) is 2. The highest BCUT2D eigenvalue weighted by Gasteiger charge is 2.30. The van der Waals surface area contributed by atoms with Gasteiger partial charge in [-0.3, -0.25) is 10.7 Å². The second-order valence-electron chi connectivity index (χ2n) is 4.31. The molecule has 0 bridgehead atoms. The molecule has 0 aliphatic heterocycles. The van der Waals surface area contributed by atoms with Gasteiger partial charge in [0, 0.05) is 0 Å². The van der Waals surface area contributed by atoms with Crippen molar-refractivity contribution < 1.29 is 27.4 Å². The van der Waals surface area contributed by atoms with E-state index in [0.717, 1.165) is 4.57 Å². The number of imidazole rings is 1. The molecule has 1 aromatic carbocycles. The number of benzene rings is 1. The van der Waals surface area contributed by atoms with Crippen LogP contribution in [0, 0.1) is 5.41 Å². The maximum absolute atomic E-state index is 12.2. The molecule has 10 heteroatoms. The van der Waals surface area contributed by atoms with Crippen molar-refractivity contribution in [3.8, 4) is 0 Å². The molecule has 0 aliphatic rings. The number of hydrogen-bond acceptors (Lipinski definition) is 5. The Bertz CT molecular complexity index is 727. The van der Waals surface area contributed by atoms with Gasteiger partial charge in [0.05, 0.1) is 17.6 Å². The van der Waals surface area contributed by atoms with E-state index in [9.17, 15) is 18.0 Å². The zero-order valence-electron chi connectivity index (χ0n) is 12.0. The van der Waals surface area contributed by atoms with E-state index in [1.165, 1.54) is 6.07 Å². The van der Waals surface area contributed by atoms with Gasteiger partial charge in [-0.25, -0.2) is 14.3 Å². The van der Waals surface area contributed by atoms with E-state index in [2.05, 4.69) is 15.0 Å². The Labute approximate surface area is 128 Å². The van der Waals surface area contributed by atoms with Crippen LogP contribution in [-0.4, -0.2) is 41.1 Å². The van der Waals surface area contributed by atoms with Crippen molar-refractivity contribution in [3.05, 3.63) is 24.3 Å². The van der Waals surface area contributed by atoms with Crippen LogP contribution in [0.4, 0.5) is 23.9 Å². The van der Waals surface area contributed by atoms with Gasteiger partial charge in [-0.05, 0) is 19.1 Å². The predicted molar refractivity (Wildman–Crippen MR) is 75.5 cm³/mol. The highest BCUT2D eigenvalue weighted by molar-refractivity contribution is 5.95. The molecule has 2 rings (SSSR count). The number of alkyl halides is 3. The third-order valence-corrected chi connectivity index (χ3v) is 2.63. The lowest BCUT2D eigenvalue weighted by Crippen LogP contribution is -2.26. The van der Waals surface area contributed by atoms with E-state index >= 15 is 0 Å². The number of halogens is 3. The standard InChI is InChI=1S/C13H13F3N4O3/c1-2-22-12(21)19-11-18-8-5-3-4-6-9(8)20(11)10(17)23-7-13(14,15)16/h3-6,17H,2,7H2,1H3,(H,18,19,21). The van der Waals surface area contributed by atoms with Crippen molar-refractivity contribution in [1.82, 2.24) is 9.55 Å². The van der Waals surface area contributed by atoms with E-state index < -0.39 is 24.9 Å². The van der Waals surface area contributed by atoms with E-state index in [1.54, 1.807) is 25.1 Å². The molecule has 0 fully saturated rings. The summed E-state index contributed by atoms with van der Waals surface area (Å²) in [6.45, 7) is 0.0717. The lowest BCUT2D eigenvalue weighted by atomic mass is 10.3. The first kappa shape index (κ1) is 16.6. The summed E-state index contributed by atoms with van der Waals surface area (Å²) in [4.78, 5) is 15.6. The number of fused-ring (bicyclic) bond motifs is 1. The number of nitrogens with one attached hydrogen (secondary N) is 2. The van der Waals surface area contributed by atoms with Crippen LogP contribution >= 0.6 is 0 Å². The van der Waals surface area contributed by atoms with Crippen molar-refractivity contribution in [1.29, 1.82) is 5.41 Å². The minimum atomic E-state index is -4.59. The number of hydrogen-bond donors (Lipinski definition) is 2. The largest absolute Gasteiger partial charge is 0.455 e. The van der Waals surface area contributed by atoms with Gasteiger partial charge in [0.15, 0.2) is 6.61 Å². The fraction of sp³-hybridized carbons (Fsp3) is 0.308. The average Bonchev–Trinajstić information content (AvgIpc) is 2.82. The average molecular weight is 330 g/mol. The Morgan fingerprint density at radius 3 is 2.70 bits per heavy atom. The predicted octanol–water partition coefficient (Wildman–Crippen LogP) is 2.97. The molecule has 0 radical (unpaired) electrons. The molecule has 0 saturated carbocycles. The van der Waals surface area contributed by atoms with Crippen molar-refractivity contribution in [2.45, 2.75) is 13.1 Å². The Hall–Kier alpha value is -2.78. The van der Waals surface area contributed by atoms with Crippen LogP contribution in [-0.2, 0) is 9.47 Å². The third-order valence-electron chi connectivity index (χ3n) is 2.63. The van der Waals surface area contributed by atoms with Gasteiger partial charge in [0.2, 0.25) is 5.95 Å². The Morgan fingerprint density at radius 1 is 1.35 bits per heavy atom. The van der Waals surface area contributed by atoms with E-state index in [1.807, 2.05) is 0 Å². The number of para-hydroxylation sites is 2. The fourth-order valence-electron chi connectivity index (χ4n) is 1.79. The number of carbonyl (C=O) groups excluding carboxylic acids is 1. The molecular weight excluding hydrogens is 317 g/mol. The first-order valence-electron chi connectivity index (χ1n) is 6.51. The van der Waals surface area contributed by atoms with E-state index in [-0.39, 0.29) is 12.6 Å². The van der Waals surface area contributed by atoms with Gasteiger partial charge in [-0.2, -0.15) is 13.2 Å². The van der Waals surface area contributed by atoms with Crippen LogP contribution in [0.15, 0.2) is 24.3 Å². The highest BCUT2D eigenvalue weighted by Crippen LogP contribution is 2.21. The summed E-state index contributed by atoms with van der Waals surface area (Å²) >= 11 is 0. The number of anilines is 1. The van der Waals surface area contributed by atoms with Crippen LogP contribution in [0.1, 0.15) is 6.92 Å². The van der Waals surface area contributed by atoms with Gasteiger partial charge in [0.25, 0.3) is 6.02 Å². The van der Waals surface area contributed by atoms with Gasteiger partial charge < -0.3 is 9.47 Å². The maximum Gasteiger partial charge on any atom is 0.422 e. The minimum Gasteiger partial charge on any atom is -0.455 e. The quantitative estimate of drug-likeness (QED) is 0.669. The topological polar surface area (TPSA) is 89.2 Å². The van der Waals surface area contributed by atoms with E-state index in [4.69, 9.17) is 10.1 Å². The molecule has 1 aromatic heterocycles. The summed E-state index contributed by atoms with van der Waals surface area (Å²) in [5, 5.41) is 9.97. The van der Waals surface area contributed by atoms with Crippen LogP contribution in [0.25, 0.3) is 11.0 Å². The number of ether oxygens (including phenoxy) is 2. The molecule has 0 saturated heterocycles. The number of amides is 1. The lowest BCUT2D eigenvalue weighted by molar-refractivity contribution is -0.156. The van der Waals surface area contributed by atoms with Gasteiger partial charge in [-0.15, -0.1) is 0 Å². The summed E-state index contributed by atoms with van der Waals surface area (Å²) in [6, 6.07) is 5.58.